The molecule has 0 aliphatic rings. The molecule has 0 bridgehead atoms. The summed E-state index contributed by atoms with van der Waals surface area (Å²) in [6, 6.07) is 16.6. The Morgan fingerprint density at radius 3 is 2.39 bits per heavy atom. The van der Waals surface area contributed by atoms with E-state index in [-0.39, 0.29) is 5.91 Å². The van der Waals surface area contributed by atoms with Crippen molar-refractivity contribution >= 4 is 5.91 Å². The van der Waals surface area contributed by atoms with E-state index in [1.165, 1.54) is 0 Å². The second-order valence-corrected chi connectivity index (χ2v) is 4.86. The fraction of sp³-hybridized carbons (Fsp3) is 0.278. The van der Waals surface area contributed by atoms with Crippen molar-refractivity contribution in [3.05, 3.63) is 54.6 Å². The highest BCUT2D eigenvalue weighted by atomic mass is 16.5. The predicted octanol–water partition coefficient (Wildman–Crippen LogP) is 2.66. The highest BCUT2D eigenvalue weighted by Gasteiger charge is 2.13. The Morgan fingerprint density at radius 1 is 1.04 bits per heavy atom. The summed E-state index contributed by atoms with van der Waals surface area (Å²) in [7, 11) is 1.59. The first kappa shape index (κ1) is 16.7. The standard InChI is InChI=1S/C18H21NO4/c1-14(23-15-8-4-3-5-9-15)18(20)19-12-13-22-17-11-7-6-10-16(17)21-2/h3-11,14H,12-13H2,1-2H3,(H,19,20)/t14-/m1/s1. The molecular formula is C18H21NO4. The lowest BCUT2D eigenvalue weighted by Crippen LogP contribution is -2.38. The molecule has 1 atom stereocenters. The van der Waals surface area contributed by atoms with Crippen molar-refractivity contribution in [1.29, 1.82) is 0 Å². The van der Waals surface area contributed by atoms with E-state index in [0.717, 1.165) is 0 Å². The van der Waals surface area contributed by atoms with Gasteiger partial charge < -0.3 is 19.5 Å². The van der Waals surface area contributed by atoms with Gasteiger partial charge in [-0.15, -0.1) is 0 Å². The number of amides is 1. The van der Waals surface area contributed by atoms with Gasteiger partial charge in [0, 0.05) is 0 Å². The lowest BCUT2D eigenvalue weighted by Gasteiger charge is -2.15. The van der Waals surface area contributed by atoms with E-state index in [2.05, 4.69) is 5.32 Å². The summed E-state index contributed by atoms with van der Waals surface area (Å²) in [5, 5.41) is 2.78. The first-order valence-corrected chi connectivity index (χ1v) is 7.46. The van der Waals surface area contributed by atoms with Crippen LogP contribution in [0.5, 0.6) is 17.2 Å². The number of carbonyl (C=O) groups excluding carboxylic acids is 1. The zero-order valence-corrected chi connectivity index (χ0v) is 13.3. The molecule has 0 fully saturated rings. The Morgan fingerprint density at radius 2 is 1.70 bits per heavy atom. The molecule has 0 unspecified atom stereocenters. The number of methoxy groups -OCH3 is 1. The molecule has 0 aliphatic carbocycles. The zero-order chi connectivity index (χ0) is 16.5. The fourth-order valence-electron chi connectivity index (χ4n) is 1.97. The van der Waals surface area contributed by atoms with Crippen LogP contribution in [0, 0.1) is 0 Å². The summed E-state index contributed by atoms with van der Waals surface area (Å²) in [5.41, 5.74) is 0. The summed E-state index contributed by atoms with van der Waals surface area (Å²) in [6.07, 6.45) is -0.566. The van der Waals surface area contributed by atoms with Crippen LogP contribution in [0.25, 0.3) is 0 Å². The molecule has 0 aromatic heterocycles. The van der Waals surface area contributed by atoms with E-state index < -0.39 is 6.10 Å². The highest BCUT2D eigenvalue weighted by Crippen LogP contribution is 2.25. The van der Waals surface area contributed by atoms with E-state index in [0.29, 0.717) is 30.4 Å². The molecule has 2 aromatic rings. The molecule has 5 nitrogen and oxygen atoms in total. The molecule has 0 aliphatic heterocycles. The molecule has 0 saturated carbocycles. The molecule has 2 aromatic carbocycles. The lowest BCUT2D eigenvalue weighted by molar-refractivity contribution is -0.127. The number of hydrogen-bond acceptors (Lipinski definition) is 4. The Kier molecular flexibility index (Phi) is 6.29. The minimum atomic E-state index is -0.566. The quantitative estimate of drug-likeness (QED) is 0.761. The fourth-order valence-corrected chi connectivity index (χ4v) is 1.97. The summed E-state index contributed by atoms with van der Waals surface area (Å²) in [5.74, 6) is 1.80. The topological polar surface area (TPSA) is 56.8 Å². The van der Waals surface area contributed by atoms with Crippen LogP contribution in [0.3, 0.4) is 0 Å². The summed E-state index contributed by atoms with van der Waals surface area (Å²) in [6.45, 7) is 2.45. The van der Waals surface area contributed by atoms with Crippen LogP contribution in [0.2, 0.25) is 0 Å². The number of nitrogens with one attached hydrogen (secondary N) is 1. The number of benzene rings is 2. The van der Waals surface area contributed by atoms with Crippen molar-refractivity contribution in [3.63, 3.8) is 0 Å². The van der Waals surface area contributed by atoms with Crippen LogP contribution >= 0.6 is 0 Å². The molecule has 1 N–H and O–H groups in total. The number of rotatable bonds is 8. The number of carbonyl (C=O) groups is 1. The molecule has 1 amide bonds. The Balaban J connectivity index is 1.72. The minimum Gasteiger partial charge on any atom is -0.493 e. The smallest absolute Gasteiger partial charge is 0.260 e. The summed E-state index contributed by atoms with van der Waals surface area (Å²) in [4.78, 5) is 12.0. The third kappa shape index (κ3) is 5.21. The Bertz CT molecular complexity index is 615. The number of para-hydroxylation sites is 3. The van der Waals surface area contributed by atoms with E-state index in [1.807, 2.05) is 54.6 Å². The van der Waals surface area contributed by atoms with Crippen LogP contribution in [0.1, 0.15) is 6.92 Å². The van der Waals surface area contributed by atoms with Crippen LogP contribution in [0.15, 0.2) is 54.6 Å². The van der Waals surface area contributed by atoms with Gasteiger partial charge in [-0.25, -0.2) is 0 Å². The monoisotopic (exact) mass is 315 g/mol. The van der Waals surface area contributed by atoms with Crippen molar-refractivity contribution in [2.24, 2.45) is 0 Å². The highest BCUT2D eigenvalue weighted by molar-refractivity contribution is 5.80. The molecule has 0 heterocycles. The average Bonchev–Trinajstić information content (AvgIpc) is 2.59. The summed E-state index contributed by atoms with van der Waals surface area (Å²) < 4.78 is 16.3. The third-order valence-corrected chi connectivity index (χ3v) is 3.15. The SMILES string of the molecule is COc1ccccc1OCCNC(=O)[C@@H](C)Oc1ccccc1. The molecule has 0 radical (unpaired) electrons. The number of hydrogen-bond donors (Lipinski definition) is 1. The number of ether oxygens (including phenoxy) is 3. The second kappa shape index (κ2) is 8.68. The maximum absolute atomic E-state index is 12.0. The Hall–Kier alpha value is -2.69. The van der Waals surface area contributed by atoms with Gasteiger partial charge in [0.1, 0.15) is 12.4 Å². The molecule has 5 heteroatoms. The molecule has 23 heavy (non-hydrogen) atoms. The van der Waals surface area contributed by atoms with Crippen LogP contribution in [-0.4, -0.2) is 32.3 Å². The van der Waals surface area contributed by atoms with Gasteiger partial charge in [-0.1, -0.05) is 30.3 Å². The minimum absolute atomic E-state index is 0.183. The zero-order valence-electron chi connectivity index (χ0n) is 13.3. The molecule has 0 spiro atoms. The van der Waals surface area contributed by atoms with Gasteiger partial charge in [-0.2, -0.15) is 0 Å². The van der Waals surface area contributed by atoms with Crippen LogP contribution < -0.4 is 19.5 Å². The maximum atomic E-state index is 12.0. The summed E-state index contributed by atoms with van der Waals surface area (Å²) >= 11 is 0. The van der Waals surface area contributed by atoms with Crippen molar-refractivity contribution in [2.75, 3.05) is 20.3 Å². The van der Waals surface area contributed by atoms with Crippen LogP contribution in [-0.2, 0) is 4.79 Å². The second-order valence-electron chi connectivity index (χ2n) is 4.86. The van der Waals surface area contributed by atoms with E-state index in [4.69, 9.17) is 14.2 Å². The van der Waals surface area contributed by atoms with Gasteiger partial charge >= 0.3 is 0 Å². The van der Waals surface area contributed by atoms with Crippen molar-refractivity contribution in [2.45, 2.75) is 13.0 Å². The van der Waals surface area contributed by atoms with Gasteiger partial charge in [-0.3, -0.25) is 4.79 Å². The molecule has 0 saturated heterocycles. The third-order valence-electron chi connectivity index (χ3n) is 3.15. The van der Waals surface area contributed by atoms with E-state index in [1.54, 1.807) is 14.0 Å². The van der Waals surface area contributed by atoms with Gasteiger partial charge in [0.25, 0.3) is 5.91 Å². The Labute approximate surface area is 136 Å². The van der Waals surface area contributed by atoms with E-state index in [9.17, 15) is 4.79 Å². The first-order valence-electron chi connectivity index (χ1n) is 7.46. The molecule has 2 rings (SSSR count). The van der Waals surface area contributed by atoms with Gasteiger partial charge in [-0.05, 0) is 31.2 Å². The maximum Gasteiger partial charge on any atom is 0.260 e. The van der Waals surface area contributed by atoms with Crippen molar-refractivity contribution in [3.8, 4) is 17.2 Å². The van der Waals surface area contributed by atoms with Crippen molar-refractivity contribution < 1.29 is 19.0 Å². The largest absolute Gasteiger partial charge is 0.493 e. The van der Waals surface area contributed by atoms with Crippen LogP contribution in [0.4, 0.5) is 0 Å². The van der Waals surface area contributed by atoms with E-state index >= 15 is 0 Å². The van der Waals surface area contributed by atoms with Gasteiger partial charge in [0.15, 0.2) is 17.6 Å². The van der Waals surface area contributed by atoms with Gasteiger partial charge in [0.05, 0.1) is 13.7 Å². The first-order chi connectivity index (χ1) is 11.2. The van der Waals surface area contributed by atoms with Gasteiger partial charge in [0.2, 0.25) is 0 Å². The molecular weight excluding hydrogens is 294 g/mol. The molecule has 122 valence electrons. The predicted molar refractivity (Wildman–Crippen MR) is 88.0 cm³/mol. The normalized spacial score (nSPS) is 11.4. The van der Waals surface area contributed by atoms with Crippen molar-refractivity contribution in [1.82, 2.24) is 5.32 Å². The average molecular weight is 315 g/mol. The lowest BCUT2D eigenvalue weighted by atomic mass is 10.3.